The normalized spacial score (nSPS) is 10.4. The molecule has 2 N–H and O–H groups in total. The number of urea groups is 1. The van der Waals surface area contributed by atoms with E-state index in [1.54, 1.807) is 0 Å². The average Bonchev–Trinajstić information content (AvgIpc) is 3.04. The molecule has 0 aliphatic rings. The van der Waals surface area contributed by atoms with E-state index in [1.165, 1.54) is 0 Å². The van der Waals surface area contributed by atoms with Gasteiger partial charge < -0.3 is 10.6 Å². The van der Waals surface area contributed by atoms with Crippen LogP contribution in [-0.4, -0.2) is 22.4 Å². The van der Waals surface area contributed by atoms with Crippen molar-refractivity contribution in [2.24, 2.45) is 0 Å². The summed E-state index contributed by atoms with van der Waals surface area (Å²) in [5, 5.41) is 10.2. The summed E-state index contributed by atoms with van der Waals surface area (Å²) in [6, 6.07) is 19.4. The Morgan fingerprint density at radius 3 is 2.71 bits per heavy atom. The highest BCUT2D eigenvalue weighted by atomic mass is 127. The van der Waals surface area contributed by atoms with Crippen molar-refractivity contribution in [3.63, 3.8) is 0 Å². The molecular weight excluding hydrogens is 415 g/mol. The third kappa shape index (κ3) is 4.58. The first-order valence-corrected chi connectivity index (χ1v) is 8.69. The van der Waals surface area contributed by atoms with Crippen molar-refractivity contribution in [1.82, 2.24) is 15.1 Å². The maximum atomic E-state index is 11.9. The minimum atomic E-state index is -0.209. The predicted octanol–water partition coefficient (Wildman–Crippen LogP) is 3.84. The number of anilines is 1. The second-order valence-corrected chi connectivity index (χ2v) is 6.47. The van der Waals surface area contributed by atoms with E-state index >= 15 is 0 Å². The second kappa shape index (κ2) is 7.96. The minimum Gasteiger partial charge on any atom is -0.337 e. The van der Waals surface area contributed by atoms with E-state index in [9.17, 15) is 4.79 Å². The van der Waals surface area contributed by atoms with Crippen molar-refractivity contribution in [2.45, 2.75) is 6.42 Å². The molecule has 1 heterocycles. The maximum Gasteiger partial charge on any atom is 0.319 e. The number of nitrogens with zero attached hydrogens (tertiary/aromatic N) is 2. The summed E-state index contributed by atoms with van der Waals surface area (Å²) >= 11 is 2.21. The van der Waals surface area contributed by atoms with Gasteiger partial charge in [0, 0.05) is 28.4 Å². The number of carbonyl (C=O) groups is 1. The smallest absolute Gasteiger partial charge is 0.319 e. The number of rotatable bonds is 5. The lowest BCUT2D eigenvalue weighted by molar-refractivity contribution is 0.252. The highest BCUT2D eigenvalue weighted by molar-refractivity contribution is 14.1. The monoisotopic (exact) mass is 432 g/mol. The third-order valence-corrected chi connectivity index (χ3v) is 4.09. The van der Waals surface area contributed by atoms with Crippen LogP contribution in [0, 0.1) is 3.57 Å². The third-order valence-electron chi connectivity index (χ3n) is 3.41. The van der Waals surface area contributed by atoms with Crippen LogP contribution < -0.4 is 10.6 Å². The summed E-state index contributed by atoms with van der Waals surface area (Å²) in [6.45, 7) is 0.529. The Morgan fingerprint density at radius 2 is 1.92 bits per heavy atom. The Balaban J connectivity index is 1.48. The van der Waals surface area contributed by atoms with Crippen LogP contribution in [-0.2, 0) is 6.42 Å². The summed E-state index contributed by atoms with van der Waals surface area (Å²) in [6.07, 6.45) is 2.61. The fraction of sp³-hybridized carbons (Fsp3) is 0.111. The van der Waals surface area contributed by atoms with Crippen LogP contribution in [0.4, 0.5) is 10.5 Å². The summed E-state index contributed by atoms with van der Waals surface area (Å²) in [4.78, 5) is 11.9. The molecule has 6 heteroatoms. The van der Waals surface area contributed by atoms with Gasteiger partial charge in [-0.3, -0.25) is 0 Å². The molecule has 0 spiro atoms. The van der Waals surface area contributed by atoms with Gasteiger partial charge in [0.2, 0.25) is 0 Å². The molecule has 0 aliphatic carbocycles. The van der Waals surface area contributed by atoms with E-state index in [1.807, 2.05) is 71.5 Å². The van der Waals surface area contributed by atoms with Crippen LogP contribution in [0.15, 0.2) is 66.9 Å². The van der Waals surface area contributed by atoms with Crippen molar-refractivity contribution in [3.8, 4) is 5.69 Å². The predicted molar refractivity (Wildman–Crippen MR) is 103 cm³/mol. The van der Waals surface area contributed by atoms with E-state index in [2.05, 4.69) is 38.3 Å². The molecule has 0 atom stereocenters. The van der Waals surface area contributed by atoms with Crippen LogP contribution >= 0.6 is 22.6 Å². The number of amides is 2. The molecule has 0 bridgehead atoms. The first kappa shape index (κ1) is 16.5. The molecule has 0 aliphatic heterocycles. The number of halogens is 1. The lowest BCUT2D eigenvalue weighted by Crippen LogP contribution is -2.30. The molecule has 5 nitrogen and oxygen atoms in total. The molecule has 2 amide bonds. The van der Waals surface area contributed by atoms with Crippen LogP contribution in [0.3, 0.4) is 0 Å². The molecule has 2 aromatic carbocycles. The number of hydrogen-bond donors (Lipinski definition) is 2. The molecule has 0 unspecified atom stereocenters. The number of para-hydroxylation sites is 1. The zero-order valence-corrected chi connectivity index (χ0v) is 15.1. The van der Waals surface area contributed by atoms with Crippen molar-refractivity contribution in [1.29, 1.82) is 0 Å². The molecular formula is C18H17IN4O. The van der Waals surface area contributed by atoms with Gasteiger partial charge in [-0.1, -0.05) is 24.3 Å². The zero-order chi connectivity index (χ0) is 16.8. The Kier molecular flexibility index (Phi) is 5.47. The first-order valence-electron chi connectivity index (χ1n) is 7.61. The number of hydrogen-bond acceptors (Lipinski definition) is 2. The van der Waals surface area contributed by atoms with Crippen LogP contribution in [0.2, 0.25) is 0 Å². The van der Waals surface area contributed by atoms with Gasteiger partial charge in [0.05, 0.1) is 11.4 Å². The summed E-state index contributed by atoms with van der Waals surface area (Å²) in [5.74, 6) is 0. The van der Waals surface area contributed by atoms with Gasteiger partial charge in [0.15, 0.2) is 0 Å². The van der Waals surface area contributed by atoms with Crippen LogP contribution in [0.5, 0.6) is 0 Å². The first-order chi connectivity index (χ1) is 11.7. The molecule has 0 radical (unpaired) electrons. The Hall–Kier alpha value is -2.35. The second-order valence-electron chi connectivity index (χ2n) is 5.23. The highest BCUT2D eigenvalue weighted by Crippen LogP contribution is 2.12. The van der Waals surface area contributed by atoms with Gasteiger partial charge in [-0.05, 0) is 59.0 Å². The van der Waals surface area contributed by atoms with Crippen LogP contribution in [0.1, 0.15) is 5.69 Å². The average molecular weight is 432 g/mol. The van der Waals surface area contributed by atoms with Gasteiger partial charge in [-0.15, -0.1) is 0 Å². The van der Waals surface area contributed by atoms with Crippen molar-refractivity contribution in [3.05, 3.63) is 76.1 Å². The standard InChI is InChI=1S/C18H17IN4O/c19-14-5-4-6-16(13-14)21-18(24)20-11-9-15-10-12-23(22-15)17-7-2-1-3-8-17/h1-8,10,12-13H,9,11H2,(H2,20,21,24). The number of carbonyl (C=O) groups excluding carboxylic acids is 1. The minimum absolute atomic E-state index is 0.209. The van der Waals surface area contributed by atoms with Gasteiger partial charge in [0.25, 0.3) is 0 Å². The topological polar surface area (TPSA) is 59.0 Å². The maximum absolute atomic E-state index is 11.9. The summed E-state index contributed by atoms with van der Waals surface area (Å²) < 4.78 is 2.92. The SMILES string of the molecule is O=C(NCCc1ccn(-c2ccccc2)n1)Nc1cccc(I)c1. The van der Waals surface area contributed by atoms with E-state index < -0.39 is 0 Å². The van der Waals surface area contributed by atoms with E-state index in [0.717, 1.165) is 20.6 Å². The van der Waals surface area contributed by atoms with Gasteiger partial charge >= 0.3 is 6.03 Å². The lowest BCUT2D eigenvalue weighted by Gasteiger charge is -2.07. The lowest BCUT2D eigenvalue weighted by atomic mass is 10.3. The molecule has 1 aromatic heterocycles. The quantitative estimate of drug-likeness (QED) is 0.602. The molecule has 0 saturated heterocycles. The highest BCUT2D eigenvalue weighted by Gasteiger charge is 2.04. The number of aromatic nitrogens is 2. The van der Waals surface area contributed by atoms with Gasteiger partial charge in [0.1, 0.15) is 0 Å². The van der Waals surface area contributed by atoms with Gasteiger partial charge in [-0.2, -0.15) is 5.10 Å². The summed E-state index contributed by atoms with van der Waals surface area (Å²) in [7, 11) is 0. The van der Waals surface area contributed by atoms with Crippen molar-refractivity contribution >= 4 is 34.3 Å². The zero-order valence-electron chi connectivity index (χ0n) is 12.9. The fourth-order valence-corrected chi connectivity index (χ4v) is 2.81. The Morgan fingerprint density at radius 1 is 1.08 bits per heavy atom. The number of nitrogens with one attached hydrogen (secondary N) is 2. The molecule has 122 valence electrons. The molecule has 0 fully saturated rings. The fourth-order valence-electron chi connectivity index (χ4n) is 2.27. The molecule has 3 rings (SSSR count). The molecule has 3 aromatic rings. The largest absolute Gasteiger partial charge is 0.337 e. The Bertz CT molecular complexity index is 817. The van der Waals surface area contributed by atoms with Crippen LogP contribution in [0.25, 0.3) is 5.69 Å². The van der Waals surface area contributed by atoms with Crippen molar-refractivity contribution in [2.75, 3.05) is 11.9 Å². The molecule has 24 heavy (non-hydrogen) atoms. The van der Waals surface area contributed by atoms with Gasteiger partial charge in [-0.25, -0.2) is 9.48 Å². The number of benzene rings is 2. The Labute approximate surface area is 154 Å². The van der Waals surface area contributed by atoms with Crippen molar-refractivity contribution < 1.29 is 4.79 Å². The molecule has 0 saturated carbocycles. The summed E-state index contributed by atoms with van der Waals surface area (Å²) in [5.41, 5.74) is 2.74. The van der Waals surface area contributed by atoms with E-state index in [-0.39, 0.29) is 6.03 Å². The van der Waals surface area contributed by atoms with E-state index in [0.29, 0.717) is 13.0 Å². The van der Waals surface area contributed by atoms with E-state index in [4.69, 9.17) is 0 Å².